The molecule has 0 aliphatic rings. The van der Waals surface area contributed by atoms with Gasteiger partial charge in [-0.2, -0.15) is 0 Å². The Kier molecular flexibility index (Phi) is 6.35. The molecule has 0 heterocycles. The zero-order valence-corrected chi connectivity index (χ0v) is 9.46. The average Bonchev–Trinajstić information content (AvgIpc) is 1.98. The zero-order chi connectivity index (χ0) is 10.4. The van der Waals surface area contributed by atoms with Crippen LogP contribution in [0.1, 0.15) is 47.0 Å². The maximum absolute atomic E-state index is 8.94. The summed E-state index contributed by atoms with van der Waals surface area (Å²) >= 11 is 0. The summed E-state index contributed by atoms with van der Waals surface area (Å²) in [6, 6.07) is 0. The van der Waals surface area contributed by atoms with E-state index in [1.54, 1.807) is 0 Å². The molecule has 0 aromatic heterocycles. The van der Waals surface area contributed by atoms with E-state index in [1.165, 1.54) is 6.42 Å². The van der Waals surface area contributed by atoms with Gasteiger partial charge in [-0.25, -0.2) is 0 Å². The zero-order valence-electron chi connectivity index (χ0n) is 9.46. The van der Waals surface area contributed by atoms with Crippen LogP contribution in [0.2, 0.25) is 0 Å². The van der Waals surface area contributed by atoms with Gasteiger partial charge in [0.05, 0.1) is 0 Å². The van der Waals surface area contributed by atoms with Crippen molar-refractivity contribution in [1.82, 2.24) is 0 Å². The fraction of sp³-hybridized carbons (Fsp3) is 1.00. The second kappa shape index (κ2) is 6.39. The van der Waals surface area contributed by atoms with Crippen molar-refractivity contribution in [2.75, 3.05) is 0 Å². The topological polar surface area (TPSA) is 46.2 Å². The third-order valence-electron chi connectivity index (χ3n) is 2.73. The van der Waals surface area contributed by atoms with E-state index >= 15 is 0 Å². The summed E-state index contributed by atoms with van der Waals surface area (Å²) in [5.74, 6) is 2.17. The van der Waals surface area contributed by atoms with E-state index in [0.717, 1.165) is 24.7 Å². The van der Waals surface area contributed by atoms with Crippen LogP contribution in [-0.4, -0.2) is 11.3 Å². The van der Waals surface area contributed by atoms with Crippen LogP contribution in [0.15, 0.2) is 0 Å². The Morgan fingerprint density at radius 2 is 1.54 bits per heavy atom. The first-order chi connectivity index (χ1) is 5.93. The van der Waals surface area contributed by atoms with Gasteiger partial charge in [-0.3, -0.25) is 0 Å². The van der Waals surface area contributed by atoms with Crippen LogP contribution in [0.3, 0.4) is 0 Å². The fourth-order valence-electron chi connectivity index (χ4n) is 1.69. The third-order valence-corrected chi connectivity index (χ3v) is 2.73. The lowest BCUT2D eigenvalue weighted by Crippen LogP contribution is -2.21. The lowest BCUT2D eigenvalue weighted by molar-refractivity contribution is 0.154. The van der Waals surface area contributed by atoms with Crippen LogP contribution in [-0.2, 0) is 0 Å². The molecular formula is C11H25NO. The summed E-state index contributed by atoms with van der Waals surface area (Å²) in [4.78, 5) is 0. The van der Waals surface area contributed by atoms with Crippen LogP contribution in [0, 0.1) is 17.8 Å². The van der Waals surface area contributed by atoms with Crippen molar-refractivity contribution < 1.29 is 5.11 Å². The molecule has 0 aliphatic heterocycles. The van der Waals surface area contributed by atoms with E-state index in [0.29, 0.717) is 5.92 Å². The molecule has 13 heavy (non-hydrogen) atoms. The van der Waals surface area contributed by atoms with E-state index in [4.69, 9.17) is 10.8 Å². The first-order valence-corrected chi connectivity index (χ1v) is 5.37. The Hall–Kier alpha value is -0.0800. The van der Waals surface area contributed by atoms with E-state index in [-0.39, 0.29) is 0 Å². The van der Waals surface area contributed by atoms with Crippen LogP contribution >= 0.6 is 0 Å². The van der Waals surface area contributed by atoms with Crippen molar-refractivity contribution in [2.45, 2.75) is 53.2 Å². The smallest absolute Gasteiger partial charge is 0.102 e. The molecule has 3 atom stereocenters. The number of aliphatic hydroxyl groups is 1. The Morgan fingerprint density at radius 3 is 1.92 bits per heavy atom. The molecule has 0 spiro atoms. The third kappa shape index (κ3) is 7.03. The van der Waals surface area contributed by atoms with Gasteiger partial charge in [-0.05, 0) is 37.0 Å². The molecule has 0 aliphatic carbocycles. The average molecular weight is 187 g/mol. The van der Waals surface area contributed by atoms with Crippen molar-refractivity contribution >= 4 is 0 Å². The van der Waals surface area contributed by atoms with Gasteiger partial charge in [0.15, 0.2) is 0 Å². The monoisotopic (exact) mass is 187 g/mol. The van der Waals surface area contributed by atoms with Crippen molar-refractivity contribution in [3.8, 4) is 0 Å². The Balaban J connectivity index is 3.62. The summed E-state index contributed by atoms with van der Waals surface area (Å²) in [6.07, 6.45) is 2.39. The summed E-state index contributed by atoms with van der Waals surface area (Å²) in [5, 5.41) is 8.94. The molecule has 0 rings (SSSR count). The molecule has 3 unspecified atom stereocenters. The van der Waals surface area contributed by atoms with Gasteiger partial charge in [0.2, 0.25) is 0 Å². The highest BCUT2D eigenvalue weighted by molar-refractivity contribution is 4.64. The molecule has 0 radical (unpaired) electrons. The number of hydrogen-bond acceptors (Lipinski definition) is 2. The van der Waals surface area contributed by atoms with E-state index in [2.05, 4.69) is 27.7 Å². The van der Waals surface area contributed by atoms with E-state index in [1.807, 2.05) is 0 Å². The highest BCUT2D eigenvalue weighted by Gasteiger charge is 2.14. The highest BCUT2D eigenvalue weighted by atomic mass is 16.3. The Labute approximate surface area is 82.5 Å². The highest BCUT2D eigenvalue weighted by Crippen LogP contribution is 2.23. The Bertz CT molecular complexity index is 123. The van der Waals surface area contributed by atoms with Gasteiger partial charge in [0.25, 0.3) is 0 Å². The van der Waals surface area contributed by atoms with Gasteiger partial charge in [0.1, 0.15) is 6.23 Å². The predicted octanol–water partition coefficient (Wildman–Crippen LogP) is 2.36. The van der Waals surface area contributed by atoms with Gasteiger partial charge in [-0.15, -0.1) is 0 Å². The molecule has 0 fully saturated rings. The molecule has 0 aromatic rings. The number of aliphatic hydroxyl groups excluding tert-OH is 1. The molecule has 0 amide bonds. The molecule has 2 nitrogen and oxygen atoms in total. The van der Waals surface area contributed by atoms with Gasteiger partial charge < -0.3 is 10.8 Å². The first kappa shape index (κ1) is 12.9. The second-order valence-electron chi connectivity index (χ2n) is 4.73. The van der Waals surface area contributed by atoms with Crippen molar-refractivity contribution in [3.05, 3.63) is 0 Å². The molecule has 0 bridgehead atoms. The predicted molar refractivity (Wildman–Crippen MR) is 57.2 cm³/mol. The van der Waals surface area contributed by atoms with Crippen LogP contribution in [0.25, 0.3) is 0 Å². The fourth-order valence-corrected chi connectivity index (χ4v) is 1.69. The van der Waals surface area contributed by atoms with Crippen LogP contribution < -0.4 is 5.73 Å². The molecule has 80 valence electrons. The van der Waals surface area contributed by atoms with E-state index in [9.17, 15) is 0 Å². The lowest BCUT2D eigenvalue weighted by Gasteiger charge is -2.22. The first-order valence-electron chi connectivity index (χ1n) is 5.37. The second-order valence-corrected chi connectivity index (χ2v) is 4.73. The van der Waals surface area contributed by atoms with Gasteiger partial charge >= 0.3 is 0 Å². The number of rotatable bonds is 6. The minimum atomic E-state index is -0.631. The number of nitrogens with two attached hydrogens (primary N) is 1. The Morgan fingerprint density at radius 1 is 1.00 bits per heavy atom. The molecule has 0 saturated heterocycles. The summed E-state index contributed by atoms with van der Waals surface area (Å²) in [5.41, 5.74) is 5.30. The van der Waals surface area contributed by atoms with Crippen LogP contribution in [0.4, 0.5) is 0 Å². The minimum absolute atomic E-state index is 0.631. The van der Waals surface area contributed by atoms with Crippen molar-refractivity contribution in [1.29, 1.82) is 0 Å². The molecule has 0 aromatic carbocycles. The molecule has 0 saturated carbocycles. The maximum Gasteiger partial charge on any atom is 0.102 e. The lowest BCUT2D eigenvalue weighted by atomic mass is 9.85. The van der Waals surface area contributed by atoms with Gasteiger partial charge in [0, 0.05) is 0 Å². The molecule has 3 N–H and O–H groups in total. The summed E-state index contributed by atoms with van der Waals surface area (Å²) in [6.45, 7) is 9.03. The normalized spacial score (nSPS) is 18.7. The summed E-state index contributed by atoms with van der Waals surface area (Å²) < 4.78 is 0. The number of hydrogen-bond donors (Lipinski definition) is 2. The summed E-state index contributed by atoms with van der Waals surface area (Å²) in [7, 11) is 0. The van der Waals surface area contributed by atoms with Gasteiger partial charge in [-0.1, -0.05) is 27.7 Å². The quantitative estimate of drug-likeness (QED) is 0.627. The van der Waals surface area contributed by atoms with Crippen molar-refractivity contribution in [2.24, 2.45) is 23.5 Å². The van der Waals surface area contributed by atoms with Crippen molar-refractivity contribution in [3.63, 3.8) is 0 Å². The molecule has 2 heteroatoms. The largest absolute Gasteiger partial charge is 0.379 e. The molecular weight excluding hydrogens is 162 g/mol. The minimum Gasteiger partial charge on any atom is -0.379 e. The van der Waals surface area contributed by atoms with Crippen LogP contribution in [0.5, 0.6) is 0 Å². The standard InChI is InChI=1S/C11H25NO/c1-8(2)7-10(4)9(3)5-6-11(12)13/h8-11,13H,5-7,12H2,1-4H3. The van der Waals surface area contributed by atoms with E-state index < -0.39 is 6.23 Å². The maximum atomic E-state index is 8.94. The SMILES string of the molecule is CC(C)CC(C)C(C)CCC(N)O.